The van der Waals surface area contributed by atoms with E-state index in [1.165, 1.54) is 17.2 Å². The average molecular weight is 632 g/mol. The fourth-order valence-electron chi connectivity index (χ4n) is 4.50. The van der Waals surface area contributed by atoms with Gasteiger partial charge in [0.2, 0.25) is 11.8 Å². The van der Waals surface area contributed by atoms with Gasteiger partial charge in [0.05, 0.1) is 10.6 Å². The van der Waals surface area contributed by atoms with E-state index in [0.717, 1.165) is 34.2 Å². The standard InChI is InChI=1S/C26H23F6N5O5S/c1-13-9-17(26(30,31)32)35-37(13)11-19(38)36-7-5-14(6-8-36)23-34-18(12-43-23)33-22(40)20(24(41)42)21(39)15-3-2-4-16(10-15)25(27,28)29/h2-4,9-10,12,14,20H,5-8,11H2,1H3,(H,33,40)(H,41,42). The molecular formula is C26H23F6N5O5S. The monoisotopic (exact) mass is 631 g/mol. The van der Waals surface area contributed by atoms with E-state index in [2.05, 4.69) is 15.4 Å². The van der Waals surface area contributed by atoms with E-state index >= 15 is 0 Å². The third-order valence-corrected chi connectivity index (χ3v) is 7.78. The number of aryl methyl sites for hydroxylation is 1. The summed E-state index contributed by atoms with van der Waals surface area (Å²) in [6, 6.07) is 3.95. The lowest BCUT2D eigenvalue weighted by molar-refractivity contribution is -0.143. The van der Waals surface area contributed by atoms with Crippen LogP contribution in [0.15, 0.2) is 35.7 Å². The number of nitrogens with one attached hydrogen (secondary N) is 1. The van der Waals surface area contributed by atoms with Crippen LogP contribution in [0.2, 0.25) is 0 Å². The third kappa shape index (κ3) is 7.39. The second kappa shape index (κ2) is 12.1. The van der Waals surface area contributed by atoms with Crippen LogP contribution in [0.5, 0.6) is 0 Å². The molecule has 3 aromatic rings. The number of amides is 2. The summed E-state index contributed by atoms with van der Waals surface area (Å²) in [7, 11) is 0. The Morgan fingerprint density at radius 2 is 1.74 bits per heavy atom. The quantitative estimate of drug-likeness (QED) is 0.211. The van der Waals surface area contributed by atoms with Gasteiger partial charge in [0.1, 0.15) is 12.4 Å². The molecule has 1 atom stereocenters. The lowest BCUT2D eigenvalue weighted by Gasteiger charge is -2.31. The number of hydrogen-bond acceptors (Lipinski definition) is 7. The summed E-state index contributed by atoms with van der Waals surface area (Å²) in [5.74, 6) is -7.40. The number of Topliss-reactive ketones (excluding diaryl/α,β-unsaturated/α-hetero) is 1. The number of carboxylic acid groups (broad SMARTS) is 1. The Hall–Kier alpha value is -4.28. The maximum atomic E-state index is 13.0. The summed E-state index contributed by atoms with van der Waals surface area (Å²) >= 11 is 1.14. The van der Waals surface area contributed by atoms with Crippen LogP contribution in [0.4, 0.5) is 32.2 Å². The van der Waals surface area contributed by atoms with E-state index in [4.69, 9.17) is 0 Å². The first-order chi connectivity index (χ1) is 20.0. The van der Waals surface area contributed by atoms with Gasteiger partial charge in [-0.25, -0.2) is 4.98 Å². The highest BCUT2D eigenvalue weighted by Crippen LogP contribution is 2.33. The van der Waals surface area contributed by atoms with Crippen LogP contribution < -0.4 is 5.32 Å². The van der Waals surface area contributed by atoms with Crippen LogP contribution >= 0.6 is 11.3 Å². The third-order valence-electron chi connectivity index (χ3n) is 6.77. The Labute approximate surface area is 243 Å². The highest BCUT2D eigenvalue weighted by Gasteiger charge is 2.38. The van der Waals surface area contributed by atoms with E-state index in [9.17, 15) is 50.6 Å². The summed E-state index contributed by atoms with van der Waals surface area (Å²) < 4.78 is 78.8. The van der Waals surface area contributed by atoms with Crippen molar-refractivity contribution in [2.24, 2.45) is 5.92 Å². The SMILES string of the molecule is Cc1cc(C(F)(F)F)nn1CC(=O)N1CCC(c2nc(NC(=O)C(C(=O)O)C(=O)c3cccc(C(F)(F)F)c3)cs2)CC1. The van der Waals surface area contributed by atoms with E-state index in [-0.39, 0.29) is 37.1 Å². The van der Waals surface area contributed by atoms with E-state index in [0.29, 0.717) is 30.0 Å². The van der Waals surface area contributed by atoms with E-state index in [1.54, 1.807) is 0 Å². The van der Waals surface area contributed by atoms with Gasteiger partial charge in [0, 0.05) is 35.6 Å². The molecule has 17 heteroatoms. The Bertz CT molecular complexity index is 1540. The number of thiazole rings is 1. The summed E-state index contributed by atoms with van der Waals surface area (Å²) in [5.41, 5.74) is -2.67. The lowest BCUT2D eigenvalue weighted by Crippen LogP contribution is -2.40. The average Bonchev–Trinajstić information content (AvgIpc) is 3.54. The van der Waals surface area contributed by atoms with Gasteiger partial charge in [-0.2, -0.15) is 31.4 Å². The van der Waals surface area contributed by atoms with Crippen LogP contribution in [0.3, 0.4) is 0 Å². The number of benzene rings is 1. The summed E-state index contributed by atoms with van der Waals surface area (Å²) in [5, 5.41) is 17.2. The number of aliphatic carboxylic acids is 1. The first kappa shape index (κ1) is 31.7. The van der Waals surface area contributed by atoms with Crippen molar-refractivity contribution in [1.82, 2.24) is 19.7 Å². The number of aromatic nitrogens is 3. The molecule has 3 heterocycles. The minimum atomic E-state index is -4.78. The molecule has 10 nitrogen and oxygen atoms in total. The molecule has 2 aromatic heterocycles. The van der Waals surface area contributed by atoms with E-state index in [1.807, 2.05) is 0 Å². The Kier molecular flexibility index (Phi) is 8.94. The zero-order valence-electron chi connectivity index (χ0n) is 22.2. The largest absolute Gasteiger partial charge is 0.480 e. The second-order valence-electron chi connectivity index (χ2n) is 9.76. The van der Waals surface area contributed by atoms with Crippen molar-refractivity contribution in [2.45, 2.75) is 44.6 Å². The molecule has 0 saturated carbocycles. The summed E-state index contributed by atoms with van der Waals surface area (Å²) in [4.78, 5) is 55.6. The van der Waals surface area contributed by atoms with Gasteiger partial charge in [0.15, 0.2) is 17.4 Å². The number of nitrogens with zero attached hydrogens (tertiary/aromatic N) is 4. The molecule has 43 heavy (non-hydrogen) atoms. The van der Waals surface area contributed by atoms with Crippen molar-refractivity contribution in [3.05, 3.63) is 63.2 Å². The number of carbonyl (C=O) groups excluding carboxylic acids is 3. The zero-order valence-corrected chi connectivity index (χ0v) is 23.0. The topological polar surface area (TPSA) is 134 Å². The van der Waals surface area contributed by atoms with Gasteiger partial charge in [-0.15, -0.1) is 11.3 Å². The molecule has 1 aliphatic heterocycles. The van der Waals surface area contributed by atoms with Gasteiger partial charge in [0.25, 0.3) is 0 Å². The van der Waals surface area contributed by atoms with Crippen LogP contribution in [0.1, 0.15) is 51.1 Å². The minimum absolute atomic E-state index is 0.0544. The molecule has 0 bridgehead atoms. The van der Waals surface area contributed by atoms with Crippen LogP contribution in [-0.2, 0) is 33.3 Å². The Balaban J connectivity index is 1.35. The normalized spacial score (nSPS) is 15.3. The van der Waals surface area contributed by atoms with Gasteiger partial charge >= 0.3 is 18.3 Å². The first-order valence-electron chi connectivity index (χ1n) is 12.6. The maximum absolute atomic E-state index is 13.0. The van der Waals surface area contributed by atoms with Gasteiger partial charge in [-0.3, -0.25) is 23.9 Å². The lowest BCUT2D eigenvalue weighted by atomic mass is 9.95. The Morgan fingerprint density at radius 1 is 1.07 bits per heavy atom. The molecule has 1 fully saturated rings. The summed E-state index contributed by atoms with van der Waals surface area (Å²) in [6.07, 6.45) is -8.51. The summed E-state index contributed by atoms with van der Waals surface area (Å²) in [6.45, 7) is 1.62. The molecule has 0 radical (unpaired) electrons. The fraction of sp³-hybridized carbons (Fsp3) is 0.385. The van der Waals surface area contributed by atoms with E-state index < -0.39 is 58.7 Å². The number of ketones is 1. The molecule has 2 N–H and O–H groups in total. The maximum Gasteiger partial charge on any atom is 0.435 e. The molecule has 1 unspecified atom stereocenters. The van der Waals surface area contributed by atoms with Crippen molar-refractivity contribution in [1.29, 1.82) is 0 Å². The van der Waals surface area contributed by atoms with Crippen molar-refractivity contribution in [3.63, 3.8) is 0 Å². The van der Waals surface area contributed by atoms with Crippen LogP contribution in [0.25, 0.3) is 0 Å². The highest BCUT2D eigenvalue weighted by atomic mass is 32.1. The molecule has 0 aliphatic carbocycles. The molecule has 1 saturated heterocycles. The molecule has 230 valence electrons. The molecule has 4 rings (SSSR count). The molecule has 1 aliphatic rings. The van der Waals surface area contributed by atoms with Crippen molar-refractivity contribution in [2.75, 3.05) is 18.4 Å². The predicted octanol–water partition coefficient (Wildman–Crippen LogP) is 4.61. The fourth-order valence-corrected chi connectivity index (χ4v) is 5.43. The second-order valence-corrected chi connectivity index (χ2v) is 10.6. The smallest absolute Gasteiger partial charge is 0.435 e. The van der Waals surface area contributed by atoms with Crippen LogP contribution in [0, 0.1) is 12.8 Å². The number of piperidine rings is 1. The number of carbonyl (C=O) groups is 4. The van der Waals surface area contributed by atoms with Gasteiger partial charge in [-0.05, 0) is 38.0 Å². The highest BCUT2D eigenvalue weighted by molar-refractivity contribution is 7.10. The zero-order chi connectivity index (χ0) is 31.7. The number of rotatable bonds is 8. The number of carboxylic acids is 1. The van der Waals surface area contributed by atoms with Crippen LogP contribution in [-0.4, -0.2) is 61.4 Å². The number of likely N-dealkylation sites (tertiary alicyclic amines) is 1. The minimum Gasteiger partial charge on any atom is -0.480 e. The molecule has 2 amide bonds. The Morgan fingerprint density at radius 3 is 2.33 bits per heavy atom. The predicted molar refractivity (Wildman–Crippen MR) is 138 cm³/mol. The van der Waals surface area contributed by atoms with Gasteiger partial charge in [-0.1, -0.05) is 12.1 Å². The van der Waals surface area contributed by atoms with Gasteiger partial charge < -0.3 is 15.3 Å². The number of hydrogen-bond donors (Lipinski definition) is 2. The number of alkyl halides is 6. The number of anilines is 1. The first-order valence-corrected chi connectivity index (χ1v) is 13.5. The molecular weight excluding hydrogens is 608 g/mol. The number of halogens is 6. The van der Waals surface area contributed by atoms with Crippen molar-refractivity contribution >= 4 is 40.7 Å². The van der Waals surface area contributed by atoms with Crippen molar-refractivity contribution < 1.29 is 50.6 Å². The molecule has 0 spiro atoms. The molecule has 1 aromatic carbocycles. The van der Waals surface area contributed by atoms with Crippen molar-refractivity contribution in [3.8, 4) is 0 Å².